The van der Waals surface area contributed by atoms with E-state index in [1.54, 1.807) is 13.3 Å². The molecule has 2 aromatic heterocycles. The molecule has 3 atom stereocenters. The van der Waals surface area contributed by atoms with Crippen molar-refractivity contribution in [3.8, 4) is 0 Å². The molecular formula is C17H23N7O. The highest BCUT2D eigenvalue weighted by molar-refractivity contribution is 5.74. The van der Waals surface area contributed by atoms with Crippen LogP contribution in [0.15, 0.2) is 25.0 Å². The van der Waals surface area contributed by atoms with Gasteiger partial charge in [0.1, 0.15) is 12.7 Å². The molecule has 2 fully saturated rings. The molecule has 25 heavy (non-hydrogen) atoms. The average molecular weight is 341 g/mol. The van der Waals surface area contributed by atoms with Crippen molar-refractivity contribution >= 4 is 11.9 Å². The second-order valence-electron chi connectivity index (χ2n) is 7.06. The van der Waals surface area contributed by atoms with Crippen LogP contribution in [0.3, 0.4) is 0 Å². The van der Waals surface area contributed by atoms with Gasteiger partial charge in [-0.2, -0.15) is 5.10 Å². The first-order valence-electron chi connectivity index (χ1n) is 8.76. The molecule has 0 aromatic carbocycles. The Balaban J connectivity index is 1.50. The maximum absolute atomic E-state index is 12.3. The number of aryl methyl sites for hydroxylation is 1. The van der Waals surface area contributed by atoms with Crippen molar-refractivity contribution in [1.82, 2.24) is 29.6 Å². The molecule has 0 N–H and O–H groups in total. The maximum Gasteiger partial charge on any atom is 0.225 e. The van der Waals surface area contributed by atoms with E-state index in [1.807, 2.05) is 24.0 Å². The van der Waals surface area contributed by atoms with Gasteiger partial charge in [0.15, 0.2) is 0 Å². The lowest BCUT2D eigenvalue weighted by molar-refractivity contribution is -0.132. The molecule has 2 aliphatic rings. The third kappa shape index (κ3) is 3.08. The van der Waals surface area contributed by atoms with Gasteiger partial charge >= 0.3 is 0 Å². The van der Waals surface area contributed by atoms with E-state index < -0.39 is 0 Å². The van der Waals surface area contributed by atoms with E-state index in [2.05, 4.69) is 29.9 Å². The molecule has 1 amide bonds. The topological polar surface area (TPSA) is 80.0 Å². The van der Waals surface area contributed by atoms with Gasteiger partial charge in [0, 0.05) is 38.4 Å². The van der Waals surface area contributed by atoms with E-state index in [9.17, 15) is 4.79 Å². The molecule has 8 nitrogen and oxygen atoms in total. The van der Waals surface area contributed by atoms with E-state index in [-0.39, 0.29) is 11.9 Å². The van der Waals surface area contributed by atoms with Gasteiger partial charge in [-0.15, -0.1) is 0 Å². The van der Waals surface area contributed by atoms with Gasteiger partial charge in [0.2, 0.25) is 11.9 Å². The lowest BCUT2D eigenvalue weighted by atomic mass is 9.92. The lowest BCUT2D eigenvalue weighted by Gasteiger charge is -2.38. The Morgan fingerprint density at radius 1 is 1.32 bits per heavy atom. The predicted octanol–water partition coefficient (Wildman–Crippen LogP) is 0.892. The average Bonchev–Trinajstić information content (AvgIpc) is 3.22. The van der Waals surface area contributed by atoms with Crippen LogP contribution in [0.4, 0.5) is 5.95 Å². The zero-order valence-electron chi connectivity index (χ0n) is 14.6. The number of likely N-dealkylation sites (tertiary alicyclic amines) is 1. The first-order valence-corrected chi connectivity index (χ1v) is 8.76. The molecule has 0 aliphatic carbocycles. The van der Waals surface area contributed by atoms with Crippen LogP contribution in [0.1, 0.15) is 25.3 Å². The second kappa shape index (κ2) is 6.42. The quantitative estimate of drug-likeness (QED) is 0.825. The minimum Gasteiger partial charge on any atom is -0.340 e. The van der Waals surface area contributed by atoms with Crippen molar-refractivity contribution in [3.63, 3.8) is 0 Å². The predicted molar refractivity (Wildman–Crippen MR) is 91.8 cm³/mol. The molecule has 0 saturated carbocycles. The van der Waals surface area contributed by atoms with Crippen molar-refractivity contribution in [2.24, 2.45) is 5.92 Å². The number of rotatable bonds is 3. The summed E-state index contributed by atoms with van der Waals surface area (Å²) in [7, 11) is 0. The molecule has 2 aliphatic heterocycles. The molecule has 2 aromatic rings. The number of piperidine rings is 1. The van der Waals surface area contributed by atoms with Crippen LogP contribution in [0, 0.1) is 12.8 Å². The van der Waals surface area contributed by atoms with E-state index in [0.717, 1.165) is 37.4 Å². The Morgan fingerprint density at radius 3 is 2.80 bits per heavy atom. The van der Waals surface area contributed by atoms with Gasteiger partial charge in [0.05, 0.1) is 12.6 Å². The number of anilines is 1. The third-order valence-corrected chi connectivity index (χ3v) is 5.30. The van der Waals surface area contributed by atoms with Gasteiger partial charge in [-0.1, -0.05) is 0 Å². The zero-order valence-corrected chi connectivity index (χ0v) is 14.6. The Morgan fingerprint density at radius 2 is 2.12 bits per heavy atom. The zero-order chi connectivity index (χ0) is 17.4. The summed E-state index contributed by atoms with van der Waals surface area (Å²) in [5.41, 5.74) is 1.06. The Hall–Kier alpha value is -2.51. The number of hydrogen-bond donors (Lipinski definition) is 0. The van der Waals surface area contributed by atoms with Gasteiger partial charge in [-0.25, -0.2) is 15.0 Å². The fraction of sp³-hybridized carbons (Fsp3) is 0.588. The Kier molecular flexibility index (Phi) is 4.10. The Labute approximate surface area is 146 Å². The smallest absolute Gasteiger partial charge is 0.225 e. The standard InChI is InChI=1S/C17H23N7O/c1-12-6-19-17(20-7-12)22-4-3-16-14(8-22)5-15(24(16)13(2)25)9-23-11-18-10-21-23/h6-7,10-11,14-16H,3-5,8-9H2,1-2H3/t14-,15+,16+/m0/s1. The summed E-state index contributed by atoms with van der Waals surface area (Å²) in [4.78, 5) is 29.5. The molecule has 4 heterocycles. The first-order chi connectivity index (χ1) is 12.1. The summed E-state index contributed by atoms with van der Waals surface area (Å²) in [6.45, 7) is 6.14. The van der Waals surface area contributed by atoms with E-state index in [4.69, 9.17) is 0 Å². The molecule has 132 valence electrons. The van der Waals surface area contributed by atoms with Crippen LogP contribution in [-0.4, -0.2) is 60.7 Å². The van der Waals surface area contributed by atoms with Crippen LogP contribution < -0.4 is 4.90 Å². The number of amides is 1. The number of aromatic nitrogens is 5. The number of carbonyl (C=O) groups is 1. The van der Waals surface area contributed by atoms with Crippen LogP contribution in [0.25, 0.3) is 0 Å². The maximum atomic E-state index is 12.3. The number of carbonyl (C=O) groups excluding carboxylic acids is 1. The summed E-state index contributed by atoms with van der Waals surface area (Å²) in [5.74, 6) is 1.38. The van der Waals surface area contributed by atoms with Crippen LogP contribution in [0.5, 0.6) is 0 Å². The van der Waals surface area contributed by atoms with Crippen LogP contribution in [0.2, 0.25) is 0 Å². The largest absolute Gasteiger partial charge is 0.340 e. The van der Waals surface area contributed by atoms with E-state index in [1.165, 1.54) is 6.33 Å². The normalized spacial score (nSPS) is 25.9. The van der Waals surface area contributed by atoms with Gasteiger partial charge in [-0.3, -0.25) is 9.48 Å². The van der Waals surface area contributed by atoms with Gasteiger partial charge in [0.25, 0.3) is 0 Å². The highest BCUT2D eigenvalue weighted by Crippen LogP contribution is 2.37. The molecule has 8 heteroatoms. The Bertz CT molecular complexity index is 730. The summed E-state index contributed by atoms with van der Waals surface area (Å²) in [6, 6.07) is 0.473. The lowest BCUT2D eigenvalue weighted by Crippen LogP contribution is -2.49. The van der Waals surface area contributed by atoms with E-state index >= 15 is 0 Å². The molecule has 4 rings (SSSR count). The number of fused-ring (bicyclic) bond motifs is 1. The molecule has 0 bridgehead atoms. The summed E-state index contributed by atoms with van der Waals surface area (Å²) < 4.78 is 1.82. The molecule has 0 radical (unpaired) electrons. The third-order valence-electron chi connectivity index (χ3n) is 5.30. The van der Waals surface area contributed by atoms with Crippen molar-refractivity contribution in [1.29, 1.82) is 0 Å². The summed E-state index contributed by atoms with van der Waals surface area (Å²) >= 11 is 0. The molecule has 0 spiro atoms. The molecular weight excluding hydrogens is 318 g/mol. The van der Waals surface area contributed by atoms with Crippen molar-refractivity contribution in [2.45, 2.75) is 45.3 Å². The first kappa shape index (κ1) is 16.0. The number of nitrogens with zero attached hydrogens (tertiary/aromatic N) is 7. The van der Waals surface area contributed by atoms with Crippen LogP contribution >= 0.6 is 0 Å². The molecule has 0 unspecified atom stereocenters. The van der Waals surface area contributed by atoms with E-state index in [0.29, 0.717) is 18.5 Å². The summed E-state index contributed by atoms with van der Waals surface area (Å²) in [5, 5.41) is 4.20. The van der Waals surface area contributed by atoms with Crippen molar-refractivity contribution in [3.05, 3.63) is 30.6 Å². The highest BCUT2D eigenvalue weighted by atomic mass is 16.2. The summed E-state index contributed by atoms with van der Waals surface area (Å²) in [6.07, 6.45) is 8.90. The monoisotopic (exact) mass is 341 g/mol. The minimum atomic E-state index is 0.151. The van der Waals surface area contributed by atoms with Gasteiger partial charge in [-0.05, 0) is 31.2 Å². The van der Waals surface area contributed by atoms with Crippen molar-refractivity contribution in [2.75, 3.05) is 18.0 Å². The SMILES string of the molecule is CC(=O)N1[C@@H](Cn2cncn2)C[C@H]2CN(c3ncc(C)cn3)CC[C@H]21. The fourth-order valence-electron chi connectivity index (χ4n) is 4.28. The highest BCUT2D eigenvalue weighted by Gasteiger charge is 2.45. The number of hydrogen-bond acceptors (Lipinski definition) is 6. The second-order valence-corrected chi connectivity index (χ2v) is 7.06. The van der Waals surface area contributed by atoms with Gasteiger partial charge < -0.3 is 9.80 Å². The van der Waals surface area contributed by atoms with Crippen LogP contribution in [-0.2, 0) is 11.3 Å². The minimum absolute atomic E-state index is 0.151. The molecule has 2 saturated heterocycles. The fourth-order valence-corrected chi connectivity index (χ4v) is 4.28. The van der Waals surface area contributed by atoms with Crippen molar-refractivity contribution < 1.29 is 4.79 Å².